The van der Waals surface area contributed by atoms with Crippen molar-refractivity contribution in [3.8, 4) is 5.75 Å². The molecule has 1 aromatic heterocycles. The second kappa shape index (κ2) is 7.81. The van der Waals surface area contributed by atoms with Crippen LogP contribution in [-0.4, -0.2) is 52.0 Å². The van der Waals surface area contributed by atoms with Gasteiger partial charge in [0.15, 0.2) is 0 Å². The highest BCUT2D eigenvalue weighted by Gasteiger charge is 2.47. The molecule has 3 aliphatic heterocycles. The molecule has 160 valence electrons. The molecule has 1 aromatic carbocycles. The first-order valence-corrected chi connectivity index (χ1v) is 10.6. The number of ketones is 1. The van der Waals surface area contributed by atoms with Gasteiger partial charge in [-0.05, 0) is 61.2 Å². The lowest BCUT2D eigenvalue weighted by Crippen LogP contribution is -2.36. The summed E-state index contributed by atoms with van der Waals surface area (Å²) in [7, 11) is 0. The number of aliphatic hydroxyl groups excluding tert-OH is 1. The van der Waals surface area contributed by atoms with Gasteiger partial charge in [-0.15, -0.1) is 0 Å². The second-order valence-electron chi connectivity index (χ2n) is 8.32. The van der Waals surface area contributed by atoms with E-state index in [9.17, 15) is 14.7 Å². The molecule has 7 nitrogen and oxygen atoms in total. The average molecular weight is 420 g/mol. The number of Topliss-reactive ketones (excluding diaryl/α,β-unsaturated/α-hetero) is 1. The number of aliphatic hydroxyl groups is 1. The predicted octanol–water partition coefficient (Wildman–Crippen LogP) is 3.01. The van der Waals surface area contributed by atoms with Gasteiger partial charge in [-0.1, -0.05) is 0 Å². The monoisotopic (exact) mass is 420 g/mol. The number of benzene rings is 1. The van der Waals surface area contributed by atoms with E-state index in [1.807, 2.05) is 13.0 Å². The number of nitrogens with zero attached hydrogens (tertiary/aromatic N) is 2. The predicted molar refractivity (Wildman–Crippen MR) is 112 cm³/mol. The Hall–Kier alpha value is -3.19. The van der Waals surface area contributed by atoms with Crippen molar-refractivity contribution < 1.29 is 24.2 Å². The average Bonchev–Trinajstić information content (AvgIpc) is 3.48. The maximum atomic E-state index is 13.1. The first-order valence-electron chi connectivity index (χ1n) is 10.6. The van der Waals surface area contributed by atoms with Gasteiger partial charge in [0.1, 0.15) is 17.6 Å². The minimum absolute atomic E-state index is 0.0706. The summed E-state index contributed by atoms with van der Waals surface area (Å²) in [6, 6.07) is 8.22. The van der Waals surface area contributed by atoms with E-state index in [-0.39, 0.29) is 23.5 Å². The molecule has 2 fully saturated rings. The molecule has 0 spiro atoms. The molecule has 5 rings (SSSR count). The molecule has 0 unspecified atom stereocenters. The van der Waals surface area contributed by atoms with Gasteiger partial charge in [0, 0.05) is 37.5 Å². The molecule has 2 saturated heterocycles. The van der Waals surface area contributed by atoms with Gasteiger partial charge in [-0.25, -0.2) is 0 Å². The number of hydrogen-bond donors (Lipinski definition) is 1. The van der Waals surface area contributed by atoms with Gasteiger partial charge < -0.3 is 19.5 Å². The fourth-order valence-corrected chi connectivity index (χ4v) is 4.69. The van der Waals surface area contributed by atoms with Gasteiger partial charge in [-0.2, -0.15) is 0 Å². The lowest BCUT2D eigenvalue weighted by Gasteiger charge is -2.27. The summed E-state index contributed by atoms with van der Waals surface area (Å²) in [5.41, 5.74) is 2.31. The summed E-state index contributed by atoms with van der Waals surface area (Å²) in [6.07, 6.45) is 5.71. The highest BCUT2D eigenvalue weighted by atomic mass is 16.5. The molecule has 7 heteroatoms. The number of carbonyl (C=O) groups excluding carboxylic acids is 2. The zero-order valence-electron chi connectivity index (χ0n) is 17.3. The molecule has 3 aliphatic rings. The maximum absolute atomic E-state index is 13.1. The number of carbonyl (C=O) groups is 2. The SMILES string of the molecule is C[C@H]1Cc2cc(C(O)=C3C(=O)C(=O)N(C[C@@H]4CCCO4)[C@@H]3c3ccncc3)ccc2O1. The minimum Gasteiger partial charge on any atom is -0.507 e. The largest absolute Gasteiger partial charge is 0.507 e. The number of likely N-dealkylation sites (tertiary alicyclic amines) is 1. The number of amides is 1. The van der Waals surface area contributed by atoms with Crippen molar-refractivity contribution in [2.45, 2.75) is 44.4 Å². The van der Waals surface area contributed by atoms with Crippen molar-refractivity contribution in [3.05, 3.63) is 65.0 Å². The third kappa shape index (κ3) is 3.49. The third-order valence-electron chi connectivity index (χ3n) is 6.16. The summed E-state index contributed by atoms with van der Waals surface area (Å²) in [5, 5.41) is 11.2. The van der Waals surface area contributed by atoms with Crippen LogP contribution in [0.25, 0.3) is 5.76 Å². The summed E-state index contributed by atoms with van der Waals surface area (Å²) in [5.74, 6) is -0.676. The van der Waals surface area contributed by atoms with Crippen LogP contribution in [0.3, 0.4) is 0 Å². The van der Waals surface area contributed by atoms with Crippen LogP contribution in [0.15, 0.2) is 48.3 Å². The molecule has 0 bridgehead atoms. The van der Waals surface area contributed by atoms with Crippen LogP contribution in [0, 0.1) is 0 Å². The Morgan fingerprint density at radius 2 is 2.03 bits per heavy atom. The molecule has 1 N–H and O–H groups in total. The Morgan fingerprint density at radius 1 is 1.23 bits per heavy atom. The molecule has 3 atom stereocenters. The van der Waals surface area contributed by atoms with E-state index in [4.69, 9.17) is 9.47 Å². The quantitative estimate of drug-likeness (QED) is 0.465. The van der Waals surface area contributed by atoms with Crippen molar-refractivity contribution in [1.29, 1.82) is 0 Å². The first kappa shape index (κ1) is 19.8. The number of pyridine rings is 1. The van der Waals surface area contributed by atoms with E-state index in [1.165, 1.54) is 4.90 Å². The number of aromatic nitrogens is 1. The van der Waals surface area contributed by atoms with E-state index in [0.29, 0.717) is 18.7 Å². The zero-order chi connectivity index (χ0) is 21.5. The van der Waals surface area contributed by atoms with E-state index >= 15 is 0 Å². The topological polar surface area (TPSA) is 89.0 Å². The Balaban J connectivity index is 1.59. The molecule has 0 saturated carbocycles. The van der Waals surface area contributed by atoms with Crippen LogP contribution in [0.1, 0.15) is 42.5 Å². The Labute approximate surface area is 180 Å². The molecule has 4 heterocycles. The number of hydrogen-bond acceptors (Lipinski definition) is 6. The normalized spacial score (nSPS) is 26.9. The van der Waals surface area contributed by atoms with E-state index in [1.54, 1.807) is 36.7 Å². The summed E-state index contributed by atoms with van der Waals surface area (Å²) in [4.78, 5) is 31.7. The fraction of sp³-hybridized carbons (Fsp3) is 0.375. The van der Waals surface area contributed by atoms with Crippen LogP contribution < -0.4 is 4.74 Å². The number of rotatable bonds is 4. The summed E-state index contributed by atoms with van der Waals surface area (Å²) >= 11 is 0. The summed E-state index contributed by atoms with van der Waals surface area (Å²) in [6.45, 7) is 2.95. The highest BCUT2D eigenvalue weighted by Crippen LogP contribution is 2.41. The lowest BCUT2D eigenvalue weighted by atomic mass is 9.95. The first-order chi connectivity index (χ1) is 15.0. The fourth-order valence-electron chi connectivity index (χ4n) is 4.69. The van der Waals surface area contributed by atoms with Crippen LogP contribution in [0.5, 0.6) is 5.75 Å². The van der Waals surface area contributed by atoms with Gasteiger partial charge in [0.25, 0.3) is 11.7 Å². The van der Waals surface area contributed by atoms with E-state index in [2.05, 4.69) is 4.98 Å². The van der Waals surface area contributed by atoms with Crippen LogP contribution in [-0.2, 0) is 20.7 Å². The zero-order valence-corrected chi connectivity index (χ0v) is 17.3. The molecule has 1 amide bonds. The van der Waals surface area contributed by atoms with Gasteiger partial charge in [0.05, 0.1) is 17.7 Å². The minimum atomic E-state index is -0.685. The maximum Gasteiger partial charge on any atom is 0.295 e. The molecule has 31 heavy (non-hydrogen) atoms. The molecular formula is C24H24N2O5. The Kier molecular flexibility index (Phi) is 4.98. The Morgan fingerprint density at radius 3 is 2.77 bits per heavy atom. The van der Waals surface area contributed by atoms with Gasteiger partial charge in [0.2, 0.25) is 0 Å². The molecule has 0 aliphatic carbocycles. The van der Waals surface area contributed by atoms with Crippen LogP contribution in [0.4, 0.5) is 0 Å². The van der Waals surface area contributed by atoms with Crippen molar-refractivity contribution >= 4 is 17.4 Å². The Bertz CT molecular complexity index is 1060. The highest BCUT2D eigenvalue weighted by molar-refractivity contribution is 6.46. The van der Waals surface area contributed by atoms with Crippen molar-refractivity contribution in [3.63, 3.8) is 0 Å². The summed E-state index contributed by atoms with van der Waals surface area (Å²) < 4.78 is 11.5. The smallest absolute Gasteiger partial charge is 0.295 e. The van der Waals surface area contributed by atoms with Crippen LogP contribution in [0.2, 0.25) is 0 Å². The third-order valence-corrected chi connectivity index (χ3v) is 6.16. The lowest BCUT2D eigenvalue weighted by molar-refractivity contribution is -0.140. The van der Waals surface area contributed by atoms with Crippen molar-refractivity contribution in [2.75, 3.05) is 13.2 Å². The molecule has 2 aromatic rings. The molecular weight excluding hydrogens is 396 g/mol. The van der Waals surface area contributed by atoms with Crippen LogP contribution >= 0.6 is 0 Å². The van der Waals surface area contributed by atoms with Crippen molar-refractivity contribution in [2.24, 2.45) is 0 Å². The van der Waals surface area contributed by atoms with E-state index in [0.717, 1.165) is 36.1 Å². The van der Waals surface area contributed by atoms with Gasteiger partial charge >= 0.3 is 0 Å². The van der Waals surface area contributed by atoms with Crippen molar-refractivity contribution in [1.82, 2.24) is 9.88 Å². The second-order valence-corrected chi connectivity index (χ2v) is 8.32. The van der Waals surface area contributed by atoms with Gasteiger partial charge in [-0.3, -0.25) is 14.6 Å². The number of ether oxygens (including phenoxy) is 2. The standard InChI is InChI=1S/C24H24N2O5/c1-14-11-17-12-16(4-5-19(17)31-14)22(27)20-21(15-6-8-25-9-7-15)26(24(29)23(20)28)13-18-3-2-10-30-18/h4-9,12,14,18,21,27H,2-3,10-11,13H2,1H3/t14-,18-,21+/m0/s1. The van der Waals surface area contributed by atoms with E-state index < -0.39 is 17.7 Å². The number of fused-ring (bicyclic) bond motifs is 1. The molecule has 0 radical (unpaired) electrons.